The number of nitrogens with one attached hydrogen (secondary N) is 1. The fraction of sp³-hybridized carbons (Fsp3) is 0.0526. The Balaban J connectivity index is 1.75. The van der Waals surface area contributed by atoms with Gasteiger partial charge in [0.1, 0.15) is 16.7 Å². The number of rotatable bonds is 5. The number of nitrogens with zero attached hydrogens (tertiary/aromatic N) is 1. The molecule has 0 atom stereocenters. The molecule has 1 aromatic heterocycles. The Labute approximate surface area is 148 Å². The minimum atomic E-state index is -0.500. The van der Waals surface area contributed by atoms with E-state index in [1.807, 2.05) is 0 Å². The second kappa shape index (κ2) is 7.90. The van der Waals surface area contributed by atoms with Crippen molar-refractivity contribution in [1.29, 1.82) is 0 Å². The molecule has 6 heteroatoms. The third kappa shape index (κ3) is 4.42. The van der Waals surface area contributed by atoms with Crippen LogP contribution >= 0.6 is 11.8 Å². The lowest BCUT2D eigenvalue weighted by Crippen LogP contribution is -2.14. The second-order valence-corrected chi connectivity index (χ2v) is 6.17. The van der Waals surface area contributed by atoms with Gasteiger partial charge < -0.3 is 5.32 Å². The Morgan fingerprint density at radius 2 is 1.76 bits per heavy atom. The molecule has 0 saturated carbocycles. The zero-order valence-electron chi connectivity index (χ0n) is 13.1. The summed E-state index contributed by atoms with van der Waals surface area (Å²) in [7, 11) is 0. The highest BCUT2D eigenvalue weighted by molar-refractivity contribution is 7.98. The first kappa shape index (κ1) is 17.1. The maximum atomic E-state index is 13.7. The predicted octanol–water partition coefficient (Wildman–Crippen LogP) is 4.90. The van der Waals surface area contributed by atoms with Gasteiger partial charge in [0.2, 0.25) is 0 Å². The molecule has 2 aromatic carbocycles. The van der Waals surface area contributed by atoms with Gasteiger partial charge in [0.25, 0.3) is 5.91 Å². The van der Waals surface area contributed by atoms with Crippen LogP contribution in [-0.4, -0.2) is 10.9 Å². The van der Waals surface area contributed by atoms with Crippen molar-refractivity contribution in [1.82, 2.24) is 4.98 Å². The van der Waals surface area contributed by atoms with Crippen molar-refractivity contribution in [3.8, 4) is 0 Å². The van der Waals surface area contributed by atoms with Gasteiger partial charge >= 0.3 is 0 Å². The summed E-state index contributed by atoms with van der Waals surface area (Å²) in [4.78, 5) is 16.7. The van der Waals surface area contributed by atoms with Crippen molar-refractivity contribution in [3.63, 3.8) is 0 Å². The second-order valence-electron chi connectivity index (χ2n) is 5.21. The molecular formula is C19H14F2N2OS. The summed E-state index contributed by atoms with van der Waals surface area (Å²) in [6.07, 6.45) is 1.59. The van der Waals surface area contributed by atoms with E-state index in [1.165, 1.54) is 36.0 Å². The molecule has 0 radical (unpaired) electrons. The Morgan fingerprint density at radius 3 is 2.52 bits per heavy atom. The third-order valence-electron chi connectivity index (χ3n) is 3.43. The third-order valence-corrected chi connectivity index (χ3v) is 4.50. The quantitative estimate of drug-likeness (QED) is 0.661. The first-order valence-electron chi connectivity index (χ1n) is 7.51. The molecule has 0 fully saturated rings. The fourth-order valence-corrected chi connectivity index (χ4v) is 3.11. The summed E-state index contributed by atoms with van der Waals surface area (Å²) in [6.45, 7) is 0. The molecule has 3 aromatic rings. The number of carbonyl (C=O) groups is 1. The largest absolute Gasteiger partial charge is 0.319 e. The number of thioether (sulfide) groups is 1. The van der Waals surface area contributed by atoms with Gasteiger partial charge in [0, 0.05) is 11.9 Å². The number of anilines is 1. The van der Waals surface area contributed by atoms with E-state index in [9.17, 15) is 13.6 Å². The maximum Gasteiger partial charge on any atom is 0.258 e. The van der Waals surface area contributed by atoms with Crippen molar-refractivity contribution in [2.24, 2.45) is 0 Å². The van der Waals surface area contributed by atoms with Crippen LogP contribution in [0.25, 0.3) is 0 Å². The van der Waals surface area contributed by atoms with Crippen LogP contribution in [-0.2, 0) is 5.75 Å². The number of para-hydroxylation sites is 1. The molecule has 0 aliphatic heterocycles. The van der Waals surface area contributed by atoms with Gasteiger partial charge in [-0.3, -0.25) is 4.79 Å². The molecule has 0 bridgehead atoms. The lowest BCUT2D eigenvalue weighted by molar-refractivity contribution is 0.102. The summed E-state index contributed by atoms with van der Waals surface area (Å²) in [6, 6.07) is 15.4. The molecule has 0 aliphatic carbocycles. The molecule has 0 aliphatic rings. The molecule has 126 valence electrons. The number of benzene rings is 2. The highest BCUT2D eigenvalue weighted by atomic mass is 32.2. The van der Waals surface area contributed by atoms with E-state index >= 15 is 0 Å². The molecule has 1 N–H and O–H groups in total. The number of amides is 1. The van der Waals surface area contributed by atoms with Gasteiger partial charge in [-0.05, 0) is 42.0 Å². The van der Waals surface area contributed by atoms with Crippen LogP contribution in [0, 0.1) is 11.6 Å². The Morgan fingerprint density at radius 1 is 1.00 bits per heavy atom. The molecule has 3 rings (SSSR count). The predicted molar refractivity (Wildman–Crippen MR) is 94.6 cm³/mol. The van der Waals surface area contributed by atoms with Crippen LogP contribution in [0.15, 0.2) is 71.9 Å². The van der Waals surface area contributed by atoms with Crippen LogP contribution in [0.1, 0.15) is 15.9 Å². The minimum absolute atomic E-state index is 0.117. The van der Waals surface area contributed by atoms with E-state index in [0.29, 0.717) is 16.3 Å². The zero-order chi connectivity index (χ0) is 17.6. The van der Waals surface area contributed by atoms with E-state index in [-0.39, 0.29) is 11.5 Å². The van der Waals surface area contributed by atoms with E-state index < -0.39 is 11.7 Å². The average Bonchev–Trinajstić information content (AvgIpc) is 2.63. The summed E-state index contributed by atoms with van der Waals surface area (Å²) in [5.74, 6) is -0.686. The Kier molecular flexibility index (Phi) is 5.40. The normalized spacial score (nSPS) is 10.5. The molecular weight excluding hydrogens is 342 g/mol. The van der Waals surface area contributed by atoms with Crippen molar-refractivity contribution in [2.75, 3.05) is 5.32 Å². The zero-order valence-corrected chi connectivity index (χ0v) is 13.9. The van der Waals surface area contributed by atoms with E-state index in [1.54, 1.807) is 42.6 Å². The van der Waals surface area contributed by atoms with E-state index in [0.717, 1.165) is 5.56 Å². The first-order chi connectivity index (χ1) is 12.1. The lowest BCUT2D eigenvalue weighted by atomic mass is 10.2. The lowest BCUT2D eigenvalue weighted by Gasteiger charge is -2.09. The summed E-state index contributed by atoms with van der Waals surface area (Å²) in [5, 5.41) is 3.08. The topological polar surface area (TPSA) is 42.0 Å². The van der Waals surface area contributed by atoms with Gasteiger partial charge in [-0.1, -0.05) is 24.3 Å². The van der Waals surface area contributed by atoms with Gasteiger partial charge in [-0.2, -0.15) is 0 Å². The summed E-state index contributed by atoms with van der Waals surface area (Å²) >= 11 is 1.36. The molecule has 1 heterocycles. The molecule has 0 saturated heterocycles. The van der Waals surface area contributed by atoms with Crippen LogP contribution in [0.5, 0.6) is 0 Å². The van der Waals surface area contributed by atoms with Crippen molar-refractivity contribution in [2.45, 2.75) is 10.8 Å². The number of hydrogen-bond acceptors (Lipinski definition) is 3. The smallest absolute Gasteiger partial charge is 0.258 e. The molecule has 1 amide bonds. The van der Waals surface area contributed by atoms with Crippen LogP contribution in [0.3, 0.4) is 0 Å². The highest BCUT2D eigenvalue weighted by Crippen LogP contribution is 2.25. The van der Waals surface area contributed by atoms with Crippen molar-refractivity contribution in [3.05, 3.63) is 89.6 Å². The molecule has 3 nitrogen and oxygen atoms in total. The number of halogens is 2. The van der Waals surface area contributed by atoms with E-state index in [2.05, 4.69) is 10.3 Å². The fourth-order valence-electron chi connectivity index (χ4n) is 2.16. The number of aromatic nitrogens is 1. The SMILES string of the molecule is O=C(Nc1ccccc1F)c1cccnc1SCc1ccc(F)cc1. The average molecular weight is 356 g/mol. The van der Waals surface area contributed by atoms with Crippen molar-refractivity contribution < 1.29 is 13.6 Å². The number of carbonyl (C=O) groups excluding carboxylic acids is 1. The standard InChI is InChI=1S/C19H14F2N2OS/c20-14-9-7-13(8-10-14)12-25-19-15(4-3-11-22-19)18(24)23-17-6-2-1-5-16(17)21/h1-11H,12H2,(H,23,24). The van der Waals surface area contributed by atoms with Crippen LogP contribution in [0.2, 0.25) is 0 Å². The summed E-state index contributed by atoms with van der Waals surface area (Å²) < 4.78 is 26.7. The Bertz CT molecular complexity index is 885. The molecule has 0 unspecified atom stereocenters. The molecule has 0 spiro atoms. The maximum absolute atomic E-state index is 13.7. The number of hydrogen-bond donors (Lipinski definition) is 1. The highest BCUT2D eigenvalue weighted by Gasteiger charge is 2.14. The minimum Gasteiger partial charge on any atom is -0.319 e. The van der Waals surface area contributed by atoms with Gasteiger partial charge in [0.05, 0.1) is 11.3 Å². The van der Waals surface area contributed by atoms with Gasteiger partial charge in [-0.15, -0.1) is 11.8 Å². The van der Waals surface area contributed by atoms with Crippen molar-refractivity contribution >= 4 is 23.4 Å². The number of pyridine rings is 1. The Hall–Kier alpha value is -2.73. The molecule has 25 heavy (non-hydrogen) atoms. The van der Waals surface area contributed by atoms with Gasteiger partial charge in [-0.25, -0.2) is 13.8 Å². The summed E-state index contributed by atoms with van der Waals surface area (Å²) in [5.41, 5.74) is 1.39. The van der Waals surface area contributed by atoms with E-state index in [4.69, 9.17) is 0 Å². The first-order valence-corrected chi connectivity index (χ1v) is 8.50. The van der Waals surface area contributed by atoms with Gasteiger partial charge in [0.15, 0.2) is 0 Å². The van der Waals surface area contributed by atoms with Crippen LogP contribution < -0.4 is 5.32 Å². The van der Waals surface area contributed by atoms with Crippen LogP contribution in [0.4, 0.5) is 14.5 Å². The monoisotopic (exact) mass is 356 g/mol.